The van der Waals surface area contributed by atoms with Crippen molar-refractivity contribution in [3.8, 4) is 22.4 Å². The topological polar surface area (TPSA) is 128 Å². The van der Waals surface area contributed by atoms with E-state index in [0.29, 0.717) is 12.6 Å². The van der Waals surface area contributed by atoms with Gasteiger partial charge in [0.25, 0.3) is 0 Å². The number of nitrogens with one attached hydrogen (secondary N) is 4. The molecular formula is C36H41N7O3. The third-order valence-electron chi connectivity index (χ3n) is 9.76. The van der Waals surface area contributed by atoms with Gasteiger partial charge in [-0.1, -0.05) is 50.6 Å². The van der Waals surface area contributed by atoms with Crippen molar-refractivity contribution in [3.63, 3.8) is 0 Å². The van der Waals surface area contributed by atoms with Crippen LogP contribution in [-0.4, -0.2) is 63.1 Å². The molecule has 0 radical (unpaired) electrons. The van der Waals surface area contributed by atoms with Crippen molar-refractivity contribution in [2.75, 3.05) is 20.2 Å². The molecule has 2 aliphatic rings. The van der Waals surface area contributed by atoms with Gasteiger partial charge in [-0.15, -0.1) is 0 Å². The van der Waals surface area contributed by atoms with Crippen LogP contribution in [0.3, 0.4) is 0 Å². The fourth-order valence-electron chi connectivity index (χ4n) is 6.90. The van der Waals surface area contributed by atoms with Gasteiger partial charge in [-0.3, -0.25) is 4.79 Å². The number of alkyl carbamates (subject to hydrolysis) is 1. The van der Waals surface area contributed by atoms with E-state index in [-0.39, 0.29) is 17.9 Å². The van der Waals surface area contributed by atoms with Crippen molar-refractivity contribution in [2.45, 2.75) is 64.1 Å². The van der Waals surface area contributed by atoms with Gasteiger partial charge < -0.3 is 30.2 Å². The summed E-state index contributed by atoms with van der Waals surface area (Å²) >= 11 is 0. The first-order valence-corrected chi connectivity index (χ1v) is 16.4. The monoisotopic (exact) mass is 619 g/mol. The molecule has 5 aromatic rings. The average molecular weight is 620 g/mol. The van der Waals surface area contributed by atoms with E-state index in [9.17, 15) is 9.59 Å². The number of nitrogens with zero attached hydrogens (tertiary/aromatic N) is 3. The SMILES string of the molecule is CCC(C)C(NC(=O)OC)C(=O)N1CCCC1c1ncc(-c2ccc3cc(-c4ccc5nc(C6CCCN6)[nH]c5c4)ccc3c2)[nH]1. The Morgan fingerprint density at radius 1 is 0.978 bits per heavy atom. The molecule has 0 spiro atoms. The van der Waals surface area contributed by atoms with Crippen molar-refractivity contribution in [1.29, 1.82) is 0 Å². The number of carbonyl (C=O) groups excluding carboxylic acids is 2. The second-order valence-electron chi connectivity index (χ2n) is 12.7. The molecule has 2 fully saturated rings. The number of ether oxygens (including phenoxy) is 1. The van der Waals surface area contributed by atoms with Crippen molar-refractivity contribution >= 4 is 33.8 Å². The zero-order chi connectivity index (χ0) is 31.8. The van der Waals surface area contributed by atoms with E-state index in [1.165, 1.54) is 13.5 Å². The van der Waals surface area contributed by atoms with Gasteiger partial charge in [0.2, 0.25) is 5.91 Å². The molecule has 2 aliphatic heterocycles. The van der Waals surface area contributed by atoms with Crippen LogP contribution in [0.25, 0.3) is 44.2 Å². The van der Waals surface area contributed by atoms with Crippen LogP contribution in [0.4, 0.5) is 4.79 Å². The van der Waals surface area contributed by atoms with Gasteiger partial charge in [0, 0.05) is 12.1 Å². The summed E-state index contributed by atoms with van der Waals surface area (Å²) in [6, 6.07) is 18.9. The summed E-state index contributed by atoms with van der Waals surface area (Å²) in [4.78, 5) is 44.1. The molecule has 238 valence electrons. The molecule has 2 aromatic heterocycles. The quantitative estimate of drug-likeness (QED) is 0.154. The largest absolute Gasteiger partial charge is 0.453 e. The summed E-state index contributed by atoms with van der Waals surface area (Å²) in [7, 11) is 1.31. The number of rotatable bonds is 8. The first-order valence-electron chi connectivity index (χ1n) is 16.4. The molecule has 4 unspecified atom stereocenters. The fraction of sp³-hybridized carbons (Fsp3) is 0.389. The maximum Gasteiger partial charge on any atom is 0.407 e. The number of likely N-dealkylation sites (tertiary alicyclic amines) is 1. The minimum absolute atomic E-state index is 0.0292. The van der Waals surface area contributed by atoms with Gasteiger partial charge in [-0.2, -0.15) is 0 Å². The lowest BCUT2D eigenvalue weighted by Crippen LogP contribution is -2.51. The van der Waals surface area contributed by atoms with Crippen molar-refractivity contribution < 1.29 is 14.3 Å². The molecule has 0 aliphatic carbocycles. The first kappa shape index (κ1) is 30.0. The number of hydrogen-bond donors (Lipinski definition) is 4. The van der Waals surface area contributed by atoms with E-state index in [1.807, 2.05) is 24.9 Å². The highest BCUT2D eigenvalue weighted by molar-refractivity contribution is 5.92. The van der Waals surface area contributed by atoms with Gasteiger partial charge in [0.1, 0.15) is 17.7 Å². The van der Waals surface area contributed by atoms with E-state index in [2.05, 4.69) is 75.2 Å². The molecular weight excluding hydrogens is 578 g/mol. The maximum absolute atomic E-state index is 13.7. The van der Waals surface area contributed by atoms with Gasteiger partial charge >= 0.3 is 6.09 Å². The normalized spacial score (nSPS) is 19.5. The first-order chi connectivity index (χ1) is 22.4. The van der Waals surface area contributed by atoms with E-state index in [4.69, 9.17) is 14.7 Å². The van der Waals surface area contributed by atoms with Crippen molar-refractivity contribution in [1.82, 2.24) is 35.5 Å². The number of methoxy groups -OCH3 is 1. The highest BCUT2D eigenvalue weighted by atomic mass is 16.5. The van der Waals surface area contributed by atoms with Gasteiger partial charge in [-0.05, 0) is 84.3 Å². The van der Waals surface area contributed by atoms with Crippen LogP contribution >= 0.6 is 0 Å². The van der Waals surface area contributed by atoms with Crippen molar-refractivity contribution in [3.05, 3.63) is 72.4 Å². The van der Waals surface area contributed by atoms with Gasteiger partial charge in [0.05, 0.1) is 42.1 Å². The Morgan fingerprint density at radius 3 is 2.50 bits per heavy atom. The number of aromatic nitrogens is 4. The molecule has 10 nitrogen and oxygen atoms in total. The summed E-state index contributed by atoms with van der Waals surface area (Å²) in [5.74, 6) is 1.66. The number of H-pyrrole nitrogens is 2. The van der Waals surface area contributed by atoms with Gasteiger partial charge in [0.15, 0.2) is 0 Å². The third kappa shape index (κ3) is 5.73. The third-order valence-corrected chi connectivity index (χ3v) is 9.76. The van der Waals surface area contributed by atoms with Crippen LogP contribution in [-0.2, 0) is 9.53 Å². The van der Waals surface area contributed by atoms with Crippen LogP contribution in [0.1, 0.15) is 69.7 Å². The molecule has 2 saturated heterocycles. The number of amides is 2. The average Bonchev–Trinajstić information content (AvgIpc) is 3.91. The summed E-state index contributed by atoms with van der Waals surface area (Å²) in [6.07, 6.45) is 6.00. The minimum atomic E-state index is -0.647. The lowest BCUT2D eigenvalue weighted by atomic mass is 9.97. The van der Waals surface area contributed by atoms with Crippen LogP contribution in [0.2, 0.25) is 0 Å². The highest BCUT2D eigenvalue weighted by Crippen LogP contribution is 2.34. The predicted octanol–water partition coefficient (Wildman–Crippen LogP) is 6.63. The number of carbonyl (C=O) groups is 2. The number of hydrogen-bond acceptors (Lipinski definition) is 6. The molecule has 7 rings (SSSR count). The Labute approximate surface area is 268 Å². The molecule has 0 bridgehead atoms. The van der Waals surface area contributed by atoms with Crippen LogP contribution < -0.4 is 10.6 Å². The molecule has 0 saturated carbocycles. The lowest BCUT2D eigenvalue weighted by molar-refractivity contribution is -0.135. The lowest BCUT2D eigenvalue weighted by Gasteiger charge is -2.30. The zero-order valence-corrected chi connectivity index (χ0v) is 26.6. The fourth-order valence-corrected chi connectivity index (χ4v) is 6.90. The second-order valence-corrected chi connectivity index (χ2v) is 12.7. The number of fused-ring (bicyclic) bond motifs is 2. The van der Waals surface area contributed by atoms with E-state index >= 15 is 0 Å². The van der Waals surface area contributed by atoms with Crippen molar-refractivity contribution in [2.24, 2.45) is 5.92 Å². The minimum Gasteiger partial charge on any atom is -0.453 e. The Balaban J connectivity index is 1.10. The summed E-state index contributed by atoms with van der Waals surface area (Å²) in [6.45, 7) is 5.65. The number of imidazole rings is 2. The summed E-state index contributed by atoms with van der Waals surface area (Å²) in [5, 5.41) is 8.57. The van der Waals surface area contributed by atoms with E-state index in [0.717, 1.165) is 88.1 Å². The molecule has 4 N–H and O–H groups in total. The summed E-state index contributed by atoms with van der Waals surface area (Å²) < 4.78 is 4.80. The molecule has 46 heavy (non-hydrogen) atoms. The Hall–Kier alpha value is -4.70. The Morgan fingerprint density at radius 2 is 1.74 bits per heavy atom. The molecule has 10 heteroatoms. The predicted molar refractivity (Wildman–Crippen MR) is 179 cm³/mol. The molecule has 4 heterocycles. The second kappa shape index (κ2) is 12.6. The van der Waals surface area contributed by atoms with E-state index in [1.54, 1.807) is 0 Å². The summed E-state index contributed by atoms with van der Waals surface area (Å²) in [5.41, 5.74) is 6.30. The van der Waals surface area contributed by atoms with Crippen LogP contribution in [0.5, 0.6) is 0 Å². The number of benzene rings is 3. The number of aromatic amines is 2. The maximum atomic E-state index is 13.7. The smallest absolute Gasteiger partial charge is 0.407 e. The van der Waals surface area contributed by atoms with Crippen LogP contribution in [0.15, 0.2) is 60.8 Å². The zero-order valence-electron chi connectivity index (χ0n) is 26.6. The highest BCUT2D eigenvalue weighted by Gasteiger charge is 2.38. The standard InChI is InChI=1S/C36H41N7O3/c1-4-21(2)32(42-36(45)46-3)35(44)43-16-6-8-31(43)34-38-20-30(41-34)26-12-11-22-17-23(9-10-24(22)18-26)25-13-14-27-29(19-25)40-33(39-27)28-7-5-15-37-28/h9-14,17-21,28,31-32,37H,4-8,15-16H2,1-3H3,(H,38,41)(H,39,40)(H,42,45). The molecule has 4 atom stereocenters. The Kier molecular flexibility index (Phi) is 8.21. The Bertz CT molecular complexity index is 1890. The van der Waals surface area contributed by atoms with Crippen LogP contribution in [0, 0.1) is 5.92 Å². The molecule has 3 aromatic carbocycles. The van der Waals surface area contributed by atoms with Gasteiger partial charge in [-0.25, -0.2) is 14.8 Å². The van der Waals surface area contributed by atoms with E-state index < -0.39 is 12.1 Å². The molecule has 2 amide bonds.